The normalized spacial score (nSPS) is 24.3. The summed E-state index contributed by atoms with van der Waals surface area (Å²) in [5.41, 5.74) is 5.96. The molecule has 0 saturated carbocycles. The summed E-state index contributed by atoms with van der Waals surface area (Å²) in [6.07, 6.45) is 2.49. The van der Waals surface area contributed by atoms with Crippen LogP contribution in [0.15, 0.2) is 4.99 Å². The molecule has 2 N–H and O–H groups in total. The molecule has 4 nitrogen and oxygen atoms in total. The van der Waals surface area contributed by atoms with Crippen molar-refractivity contribution < 1.29 is 0 Å². The van der Waals surface area contributed by atoms with Crippen molar-refractivity contribution >= 4 is 29.9 Å². The fourth-order valence-electron chi connectivity index (χ4n) is 3.11. The lowest BCUT2D eigenvalue weighted by molar-refractivity contribution is 0.140. The average Bonchev–Trinajstić information content (AvgIpc) is 2.35. The van der Waals surface area contributed by atoms with E-state index in [1.54, 1.807) is 0 Å². The van der Waals surface area contributed by atoms with Gasteiger partial charge in [-0.3, -0.25) is 4.99 Å². The number of rotatable bonds is 6. The summed E-state index contributed by atoms with van der Waals surface area (Å²) in [6.45, 7) is 15.3. The molecule has 20 heavy (non-hydrogen) atoms. The summed E-state index contributed by atoms with van der Waals surface area (Å²) in [4.78, 5) is 9.17. The van der Waals surface area contributed by atoms with Gasteiger partial charge in [0, 0.05) is 32.7 Å². The number of aliphatic imine (C=N–C) groups is 1. The van der Waals surface area contributed by atoms with Crippen LogP contribution in [0.5, 0.6) is 0 Å². The number of nitrogens with zero attached hydrogens (tertiary/aromatic N) is 3. The van der Waals surface area contributed by atoms with Crippen LogP contribution in [0.1, 0.15) is 40.5 Å². The van der Waals surface area contributed by atoms with E-state index in [-0.39, 0.29) is 24.0 Å². The van der Waals surface area contributed by atoms with Gasteiger partial charge in [-0.2, -0.15) is 0 Å². The molecular formula is C15H33IN4. The van der Waals surface area contributed by atoms with Crippen molar-refractivity contribution in [3.05, 3.63) is 0 Å². The Bertz CT molecular complexity index is 269. The third-order valence-electron chi connectivity index (χ3n) is 3.94. The second-order valence-corrected chi connectivity index (χ2v) is 5.97. The van der Waals surface area contributed by atoms with E-state index in [4.69, 9.17) is 5.73 Å². The summed E-state index contributed by atoms with van der Waals surface area (Å²) in [5, 5.41) is 0. The third kappa shape index (κ3) is 7.11. The predicted octanol–water partition coefficient (Wildman–Crippen LogP) is 2.63. The summed E-state index contributed by atoms with van der Waals surface area (Å²) < 4.78 is 0. The van der Waals surface area contributed by atoms with E-state index in [1.165, 1.54) is 19.5 Å². The van der Waals surface area contributed by atoms with Crippen molar-refractivity contribution in [1.82, 2.24) is 9.80 Å². The molecule has 5 heteroatoms. The summed E-state index contributed by atoms with van der Waals surface area (Å²) >= 11 is 0. The van der Waals surface area contributed by atoms with Crippen molar-refractivity contribution in [2.75, 3.05) is 39.3 Å². The molecule has 1 heterocycles. The molecule has 0 amide bonds. The lowest BCUT2D eigenvalue weighted by Gasteiger charge is -2.34. The fourth-order valence-corrected chi connectivity index (χ4v) is 3.11. The molecular weight excluding hydrogens is 363 g/mol. The van der Waals surface area contributed by atoms with Gasteiger partial charge in [0.05, 0.1) is 0 Å². The Balaban J connectivity index is 0.00000361. The van der Waals surface area contributed by atoms with E-state index < -0.39 is 0 Å². The highest BCUT2D eigenvalue weighted by molar-refractivity contribution is 14.0. The molecule has 1 fully saturated rings. The van der Waals surface area contributed by atoms with Gasteiger partial charge in [0.1, 0.15) is 0 Å². The van der Waals surface area contributed by atoms with Crippen LogP contribution in [-0.2, 0) is 0 Å². The minimum absolute atomic E-state index is 0. The Morgan fingerprint density at radius 1 is 1.20 bits per heavy atom. The Morgan fingerprint density at radius 3 is 2.25 bits per heavy atom. The monoisotopic (exact) mass is 396 g/mol. The molecule has 0 aliphatic carbocycles. The first-order valence-corrected chi connectivity index (χ1v) is 7.84. The summed E-state index contributed by atoms with van der Waals surface area (Å²) in [7, 11) is 0. The van der Waals surface area contributed by atoms with Gasteiger partial charge in [0.15, 0.2) is 5.96 Å². The van der Waals surface area contributed by atoms with E-state index in [0.29, 0.717) is 5.96 Å². The molecule has 0 aromatic rings. The maximum Gasteiger partial charge on any atom is 0.191 e. The average molecular weight is 396 g/mol. The lowest BCUT2D eigenvalue weighted by atomic mass is 9.92. The van der Waals surface area contributed by atoms with E-state index >= 15 is 0 Å². The zero-order chi connectivity index (χ0) is 14.3. The highest BCUT2D eigenvalue weighted by Gasteiger charge is 2.20. The maximum absolute atomic E-state index is 5.96. The van der Waals surface area contributed by atoms with Gasteiger partial charge in [0.25, 0.3) is 0 Å². The van der Waals surface area contributed by atoms with Crippen LogP contribution in [0.4, 0.5) is 0 Å². The number of hydrogen-bond donors (Lipinski definition) is 1. The largest absolute Gasteiger partial charge is 0.370 e. The van der Waals surface area contributed by atoms with E-state index in [2.05, 4.69) is 42.5 Å². The standard InChI is InChI=1S/C15H32N4.HI/c1-5-19(6-2)15(16)17-8-7-9-18-11-13(3)10-14(4)12-18;/h13-14H,5-12H2,1-4H3,(H2,16,17);1H. The fraction of sp³-hybridized carbons (Fsp3) is 0.933. The Labute approximate surface area is 142 Å². The quantitative estimate of drug-likeness (QED) is 0.325. The predicted molar refractivity (Wildman–Crippen MR) is 98.8 cm³/mol. The molecule has 0 radical (unpaired) electrons. The van der Waals surface area contributed by atoms with Crippen LogP contribution in [0.2, 0.25) is 0 Å². The van der Waals surface area contributed by atoms with Crippen LogP contribution in [-0.4, -0.2) is 55.0 Å². The smallest absolute Gasteiger partial charge is 0.191 e. The highest BCUT2D eigenvalue weighted by Crippen LogP contribution is 2.20. The molecule has 1 rings (SSSR count). The van der Waals surface area contributed by atoms with Crippen LogP contribution >= 0.6 is 24.0 Å². The zero-order valence-corrected chi connectivity index (χ0v) is 16.0. The lowest BCUT2D eigenvalue weighted by Crippen LogP contribution is -2.39. The van der Waals surface area contributed by atoms with Gasteiger partial charge >= 0.3 is 0 Å². The van der Waals surface area contributed by atoms with Gasteiger partial charge in [-0.15, -0.1) is 24.0 Å². The van der Waals surface area contributed by atoms with Crippen molar-refractivity contribution in [1.29, 1.82) is 0 Å². The molecule has 0 aromatic carbocycles. The van der Waals surface area contributed by atoms with Crippen LogP contribution in [0.3, 0.4) is 0 Å². The van der Waals surface area contributed by atoms with Gasteiger partial charge in [0.2, 0.25) is 0 Å². The molecule has 0 bridgehead atoms. The highest BCUT2D eigenvalue weighted by atomic mass is 127. The number of guanidine groups is 1. The minimum Gasteiger partial charge on any atom is -0.370 e. The first-order chi connectivity index (χ1) is 9.06. The van der Waals surface area contributed by atoms with E-state index in [9.17, 15) is 0 Å². The number of likely N-dealkylation sites (tertiary alicyclic amines) is 1. The van der Waals surface area contributed by atoms with Crippen molar-refractivity contribution in [3.63, 3.8) is 0 Å². The number of piperidine rings is 1. The Morgan fingerprint density at radius 2 is 1.75 bits per heavy atom. The number of hydrogen-bond acceptors (Lipinski definition) is 2. The molecule has 2 atom stereocenters. The van der Waals surface area contributed by atoms with Crippen LogP contribution < -0.4 is 5.73 Å². The molecule has 1 aliphatic heterocycles. The minimum atomic E-state index is 0. The van der Waals surface area contributed by atoms with Crippen molar-refractivity contribution in [2.45, 2.75) is 40.5 Å². The topological polar surface area (TPSA) is 44.9 Å². The van der Waals surface area contributed by atoms with Gasteiger partial charge in [-0.1, -0.05) is 13.8 Å². The second kappa shape index (κ2) is 10.7. The zero-order valence-electron chi connectivity index (χ0n) is 13.6. The van der Waals surface area contributed by atoms with Crippen molar-refractivity contribution in [2.24, 2.45) is 22.6 Å². The third-order valence-corrected chi connectivity index (χ3v) is 3.94. The summed E-state index contributed by atoms with van der Waals surface area (Å²) in [5.74, 6) is 2.38. The first kappa shape index (κ1) is 20.0. The van der Waals surface area contributed by atoms with E-state index in [0.717, 1.165) is 44.4 Å². The molecule has 120 valence electrons. The number of nitrogens with two attached hydrogens (primary N) is 1. The van der Waals surface area contributed by atoms with Gasteiger partial charge < -0.3 is 15.5 Å². The van der Waals surface area contributed by atoms with Crippen LogP contribution in [0, 0.1) is 11.8 Å². The molecule has 2 unspecified atom stereocenters. The maximum atomic E-state index is 5.96. The van der Waals surface area contributed by atoms with Gasteiger partial charge in [-0.25, -0.2) is 0 Å². The van der Waals surface area contributed by atoms with E-state index in [1.807, 2.05) is 0 Å². The second-order valence-electron chi connectivity index (χ2n) is 5.97. The van der Waals surface area contributed by atoms with Crippen molar-refractivity contribution in [3.8, 4) is 0 Å². The number of halogens is 1. The van der Waals surface area contributed by atoms with Gasteiger partial charge in [-0.05, 0) is 45.1 Å². The first-order valence-electron chi connectivity index (χ1n) is 7.84. The molecule has 0 aromatic heterocycles. The molecule has 1 saturated heterocycles. The Hall–Kier alpha value is -0.0400. The summed E-state index contributed by atoms with van der Waals surface area (Å²) in [6, 6.07) is 0. The van der Waals surface area contributed by atoms with Crippen LogP contribution in [0.25, 0.3) is 0 Å². The Kier molecular flexibility index (Phi) is 10.6. The molecule has 1 aliphatic rings. The SMILES string of the molecule is CCN(CC)C(N)=NCCCN1CC(C)CC(C)C1.I. The molecule has 0 spiro atoms.